The second-order valence-electron chi connectivity index (χ2n) is 5.10. The molecule has 0 aromatic rings. The Labute approximate surface area is 116 Å². The molecule has 0 unspecified atom stereocenters. The van der Waals surface area contributed by atoms with Gasteiger partial charge in [0.15, 0.2) is 5.60 Å². The molecule has 0 aliphatic carbocycles. The van der Waals surface area contributed by atoms with Crippen LogP contribution in [0.25, 0.3) is 0 Å². The second-order valence-corrected chi connectivity index (χ2v) is 5.10. The maximum atomic E-state index is 12.7. The van der Waals surface area contributed by atoms with E-state index >= 15 is 0 Å². The highest BCUT2D eigenvalue weighted by molar-refractivity contribution is 5.79. The van der Waals surface area contributed by atoms with Crippen LogP contribution in [-0.4, -0.2) is 40.8 Å². The third-order valence-electron chi connectivity index (χ3n) is 3.68. The predicted molar refractivity (Wildman–Crippen MR) is 69.9 cm³/mol. The van der Waals surface area contributed by atoms with Gasteiger partial charge in [-0.3, -0.25) is 4.79 Å². The SMILES string of the molecule is C=CCC(CC=C)C(=O)N1CCC(O)(C(F)(F)F)CC1. The minimum absolute atomic E-state index is 0.0837. The summed E-state index contributed by atoms with van der Waals surface area (Å²) in [6.07, 6.45) is -1.45. The van der Waals surface area contributed by atoms with Crippen LogP contribution in [-0.2, 0) is 4.79 Å². The molecule has 1 N–H and O–H groups in total. The summed E-state index contributed by atoms with van der Waals surface area (Å²) < 4.78 is 38.0. The molecule has 0 bridgehead atoms. The lowest BCUT2D eigenvalue weighted by Gasteiger charge is -2.40. The lowest BCUT2D eigenvalue weighted by molar-refractivity contribution is -0.272. The largest absolute Gasteiger partial charge is 0.417 e. The molecule has 0 atom stereocenters. The molecule has 3 nitrogen and oxygen atoms in total. The molecule has 0 radical (unpaired) electrons. The number of aliphatic hydroxyl groups is 1. The molecule has 0 spiro atoms. The lowest BCUT2D eigenvalue weighted by Crippen LogP contribution is -2.55. The number of nitrogens with zero attached hydrogens (tertiary/aromatic N) is 1. The Kier molecular flexibility index (Phi) is 5.39. The van der Waals surface area contributed by atoms with Crippen molar-refractivity contribution in [2.45, 2.75) is 37.5 Å². The average Bonchev–Trinajstić information content (AvgIpc) is 2.37. The fourth-order valence-electron chi connectivity index (χ4n) is 2.34. The van der Waals surface area contributed by atoms with E-state index < -0.39 is 24.6 Å². The number of piperidine rings is 1. The third-order valence-corrected chi connectivity index (χ3v) is 3.68. The first-order chi connectivity index (χ1) is 9.25. The van der Waals surface area contributed by atoms with Crippen LogP contribution in [0.15, 0.2) is 25.3 Å². The Hall–Kier alpha value is -1.30. The van der Waals surface area contributed by atoms with E-state index in [-0.39, 0.29) is 24.9 Å². The summed E-state index contributed by atoms with van der Waals surface area (Å²) in [5.74, 6) is -0.531. The third kappa shape index (κ3) is 3.62. The number of alkyl halides is 3. The van der Waals surface area contributed by atoms with Crippen LogP contribution in [0.3, 0.4) is 0 Å². The van der Waals surface area contributed by atoms with Crippen LogP contribution in [0.1, 0.15) is 25.7 Å². The number of hydrogen-bond donors (Lipinski definition) is 1. The Morgan fingerprint density at radius 2 is 1.70 bits per heavy atom. The van der Waals surface area contributed by atoms with Gasteiger partial charge in [-0.25, -0.2) is 0 Å². The van der Waals surface area contributed by atoms with Crippen molar-refractivity contribution in [3.05, 3.63) is 25.3 Å². The summed E-state index contributed by atoms with van der Waals surface area (Å²) in [5, 5.41) is 9.56. The minimum atomic E-state index is -4.65. The zero-order chi connectivity index (χ0) is 15.4. The monoisotopic (exact) mass is 291 g/mol. The number of halogens is 3. The quantitative estimate of drug-likeness (QED) is 0.791. The maximum absolute atomic E-state index is 12.7. The molecule has 1 saturated heterocycles. The van der Waals surface area contributed by atoms with Crippen LogP contribution < -0.4 is 0 Å². The van der Waals surface area contributed by atoms with Gasteiger partial charge in [0.2, 0.25) is 5.91 Å². The summed E-state index contributed by atoms with van der Waals surface area (Å²) >= 11 is 0. The highest BCUT2D eigenvalue weighted by atomic mass is 19.4. The Morgan fingerprint density at radius 1 is 1.25 bits per heavy atom. The Morgan fingerprint density at radius 3 is 2.05 bits per heavy atom. The summed E-state index contributed by atoms with van der Waals surface area (Å²) in [5.41, 5.74) is -2.67. The first-order valence-electron chi connectivity index (χ1n) is 6.55. The van der Waals surface area contributed by atoms with Gasteiger partial charge in [-0.05, 0) is 12.8 Å². The topological polar surface area (TPSA) is 40.5 Å². The number of carbonyl (C=O) groups is 1. The summed E-state index contributed by atoms with van der Waals surface area (Å²) in [6.45, 7) is 6.98. The molecule has 6 heteroatoms. The first-order valence-corrected chi connectivity index (χ1v) is 6.55. The van der Waals surface area contributed by atoms with Crippen molar-refractivity contribution in [1.82, 2.24) is 4.90 Å². The number of likely N-dealkylation sites (tertiary alicyclic amines) is 1. The zero-order valence-electron chi connectivity index (χ0n) is 11.3. The van der Waals surface area contributed by atoms with E-state index in [9.17, 15) is 23.1 Å². The van der Waals surface area contributed by atoms with Crippen LogP contribution in [0.5, 0.6) is 0 Å². The highest BCUT2D eigenvalue weighted by Crippen LogP contribution is 2.38. The van der Waals surface area contributed by atoms with Crippen LogP contribution in [0.2, 0.25) is 0 Å². The Balaban J connectivity index is 2.66. The van der Waals surface area contributed by atoms with Gasteiger partial charge in [0.25, 0.3) is 0 Å². The van der Waals surface area contributed by atoms with E-state index in [1.807, 2.05) is 0 Å². The summed E-state index contributed by atoms with van der Waals surface area (Å²) in [6, 6.07) is 0. The van der Waals surface area contributed by atoms with E-state index in [1.54, 1.807) is 12.2 Å². The molecule has 20 heavy (non-hydrogen) atoms. The van der Waals surface area contributed by atoms with Crippen LogP contribution in [0.4, 0.5) is 13.2 Å². The molecular weight excluding hydrogens is 271 g/mol. The highest BCUT2D eigenvalue weighted by Gasteiger charge is 2.55. The smallest absolute Gasteiger partial charge is 0.380 e. The van der Waals surface area contributed by atoms with Crippen molar-refractivity contribution in [3.8, 4) is 0 Å². The van der Waals surface area contributed by atoms with Crippen LogP contribution in [0, 0.1) is 5.92 Å². The lowest BCUT2D eigenvalue weighted by atomic mass is 9.89. The number of rotatable bonds is 5. The first kappa shape index (κ1) is 16.8. The summed E-state index contributed by atoms with van der Waals surface area (Å²) in [7, 11) is 0. The summed E-state index contributed by atoms with van der Waals surface area (Å²) in [4.78, 5) is 13.6. The molecule has 1 rings (SSSR count). The van der Waals surface area contributed by atoms with Gasteiger partial charge in [0.1, 0.15) is 0 Å². The van der Waals surface area contributed by atoms with Gasteiger partial charge in [-0.1, -0.05) is 12.2 Å². The van der Waals surface area contributed by atoms with Gasteiger partial charge >= 0.3 is 6.18 Å². The van der Waals surface area contributed by atoms with Crippen molar-refractivity contribution in [2.75, 3.05) is 13.1 Å². The fraction of sp³-hybridized carbons (Fsp3) is 0.643. The van der Waals surface area contributed by atoms with E-state index in [1.165, 1.54) is 4.90 Å². The fourth-order valence-corrected chi connectivity index (χ4v) is 2.34. The molecule has 1 aliphatic rings. The number of amides is 1. The van der Waals surface area contributed by atoms with Gasteiger partial charge in [0, 0.05) is 31.8 Å². The molecule has 1 fully saturated rings. The van der Waals surface area contributed by atoms with Crippen LogP contribution >= 0.6 is 0 Å². The zero-order valence-corrected chi connectivity index (χ0v) is 11.3. The van der Waals surface area contributed by atoms with Gasteiger partial charge in [-0.15, -0.1) is 13.2 Å². The van der Waals surface area contributed by atoms with Crippen molar-refractivity contribution in [3.63, 3.8) is 0 Å². The van der Waals surface area contributed by atoms with E-state index in [0.29, 0.717) is 12.8 Å². The molecular formula is C14H20F3NO2. The number of carbonyl (C=O) groups excluding carboxylic acids is 1. The average molecular weight is 291 g/mol. The van der Waals surface area contributed by atoms with Crippen molar-refractivity contribution in [2.24, 2.45) is 5.92 Å². The molecule has 1 aliphatic heterocycles. The predicted octanol–water partition coefficient (Wildman–Crippen LogP) is 2.67. The minimum Gasteiger partial charge on any atom is -0.380 e. The maximum Gasteiger partial charge on any atom is 0.417 e. The molecule has 1 amide bonds. The van der Waals surface area contributed by atoms with Gasteiger partial charge in [0.05, 0.1) is 0 Å². The van der Waals surface area contributed by atoms with Crippen molar-refractivity contribution < 1.29 is 23.1 Å². The van der Waals surface area contributed by atoms with Gasteiger partial charge < -0.3 is 10.0 Å². The standard InChI is InChI=1S/C14H20F3NO2/c1-3-5-11(6-4-2)12(19)18-9-7-13(20,8-10-18)14(15,16)17/h3-4,11,20H,1-2,5-10H2. The van der Waals surface area contributed by atoms with E-state index in [0.717, 1.165) is 0 Å². The van der Waals surface area contributed by atoms with E-state index in [2.05, 4.69) is 13.2 Å². The molecule has 1 heterocycles. The molecule has 114 valence electrons. The second kappa shape index (κ2) is 6.43. The van der Waals surface area contributed by atoms with Gasteiger partial charge in [-0.2, -0.15) is 13.2 Å². The molecule has 0 aromatic heterocycles. The normalized spacial score (nSPS) is 18.9. The van der Waals surface area contributed by atoms with Crippen molar-refractivity contribution >= 4 is 5.91 Å². The van der Waals surface area contributed by atoms with Crippen molar-refractivity contribution in [1.29, 1.82) is 0 Å². The van der Waals surface area contributed by atoms with E-state index in [4.69, 9.17) is 0 Å². The molecule has 0 aromatic carbocycles. The number of hydrogen-bond acceptors (Lipinski definition) is 2. The molecule has 0 saturated carbocycles. The Bertz CT molecular complexity index is 361. The number of allylic oxidation sites excluding steroid dienone is 2.